The summed E-state index contributed by atoms with van der Waals surface area (Å²) in [6, 6.07) is 8.53. The van der Waals surface area contributed by atoms with E-state index >= 15 is 0 Å². The molecule has 0 amide bonds. The van der Waals surface area contributed by atoms with Crippen molar-refractivity contribution in [3.05, 3.63) is 71.3 Å². The number of aromatic nitrogens is 5. The van der Waals surface area contributed by atoms with E-state index in [1.165, 1.54) is 11.8 Å². The van der Waals surface area contributed by atoms with Crippen LogP contribution in [0.4, 0.5) is 19.0 Å². The molecule has 3 N–H and O–H groups in total. The standard InChI is InChI=1S/C25H23ClN6O2S.C2HF3O2/c1-3-14-10-18-21(22(14)26)24(32(2)13-20(34)15-5-4-6-16(33)9-15)31-25(30-18)35-17-11-19-23(29-12-17)28-8-7-27-19;3-2(4,5)1(6)7/h4-9,11-12,20,33-34H,3,10,13H2,1-2H3;(H,6,7)/t20-;/m1./s1. The number of fused-ring (bicyclic) bond motifs is 2. The van der Waals surface area contributed by atoms with E-state index in [0.717, 1.165) is 28.1 Å². The number of rotatable bonds is 7. The highest BCUT2D eigenvalue weighted by atomic mass is 35.5. The Bertz CT molecular complexity index is 1660. The first-order valence-corrected chi connectivity index (χ1v) is 13.6. The monoisotopic (exact) mass is 620 g/mol. The van der Waals surface area contributed by atoms with E-state index in [2.05, 4.69) is 21.9 Å². The molecule has 0 fully saturated rings. The van der Waals surface area contributed by atoms with Gasteiger partial charge in [-0.1, -0.05) is 30.7 Å². The van der Waals surface area contributed by atoms with Crippen molar-refractivity contribution in [1.82, 2.24) is 24.9 Å². The fourth-order valence-corrected chi connectivity index (χ4v) is 5.24. The third kappa shape index (κ3) is 7.24. The van der Waals surface area contributed by atoms with Crippen LogP contribution in [-0.2, 0) is 11.2 Å². The first-order valence-electron chi connectivity index (χ1n) is 12.4. The molecule has 0 saturated carbocycles. The van der Waals surface area contributed by atoms with Gasteiger partial charge in [0.15, 0.2) is 10.8 Å². The zero-order chi connectivity index (χ0) is 30.6. The lowest BCUT2D eigenvalue weighted by molar-refractivity contribution is -0.192. The summed E-state index contributed by atoms with van der Waals surface area (Å²) in [6.07, 6.45) is 0.552. The number of phenols is 1. The van der Waals surface area contributed by atoms with E-state index in [-0.39, 0.29) is 12.3 Å². The zero-order valence-corrected chi connectivity index (χ0v) is 23.7. The van der Waals surface area contributed by atoms with Gasteiger partial charge in [0.05, 0.1) is 22.4 Å². The van der Waals surface area contributed by atoms with Gasteiger partial charge in [0.1, 0.15) is 17.1 Å². The minimum atomic E-state index is -5.08. The molecule has 0 aliphatic heterocycles. The van der Waals surface area contributed by atoms with Crippen molar-refractivity contribution in [2.24, 2.45) is 0 Å². The molecule has 220 valence electrons. The van der Waals surface area contributed by atoms with Crippen LogP contribution in [0.1, 0.15) is 36.3 Å². The van der Waals surface area contributed by atoms with Crippen molar-refractivity contribution < 1.29 is 33.3 Å². The fraction of sp³-hybridized carbons (Fsp3) is 0.259. The van der Waals surface area contributed by atoms with Crippen molar-refractivity contribution in [3.8, 4) is 5.75 Å². The van der Waals surface area contributed by atoms with Crippen LogP contribution in [-0.4, -0.2) is 66.0 Å². The fourth-order valence-electron chi connectivity index (χ4n) is 4.07. The number of anilines is 1. The number of aliphatic carboxylic acids is 1. The highest BCUT2D eigenvalue weighted by Crippen LogP contribution is 2.42. The van der Waals surface area contributed by atoms with Crippen LogP contribution in [0.3, 0.4) is 0 Å². The number of hydrogen-bond donors (Lipinski definition) is 3. The number of carboxylic acids is 1. The van der Waals surface area contributed by atoms with Gasteiger partial charge < -0.3 is 20.2 Å². The van der Waals surface area contributed by atoms with Gasteiger partial charge in [-0.25, -0.2) is 24.7 Å². The molecule has 0 bridgehead atoms. The van der Waals surface area contributed by atoms with Gasteiger partial charge >= 0.3 is 12.1 Å². The van der Waals surface area contributed by atoms with Crippen LogP contribution in [0.5, 0.6) is 5.75 Å². The lowest BCUT2D eigenvalue weighted by atomic mass is 10.1. The predicted molar refractivity (Wildman–Crippen MR) is 150 cm³/mol. The molecular weight excluding hydrogens is 597 g/mol. The number of halogens is 4. The predicted octanol–water partition coefficient (Wildman–Crippen LogP) is 5.39. The summed E-state index contributed by atoms with van der Waals surface area (Å²) in [6.45, 7) is 2.33. The molecule has 4 aromatic rings. The molecule has 1 aromatic carbocycles. The minimum Gasteiger partial charge on any atom is -0.508 e. The molecule has 1 aliphatic rings. The molecule has 0 spiro atoms. The van der Waals surface area contributed by atoms with Crippen LogP contribution in [0.15, 0.2) is 64.5 Å². The first kappa shape index (κ1) is 30.9. The third-order valence-corrected chi connectivity index (χ3v) is 7.38. The van der Waals surface area contributed by atoms with E-state index in [9.17, 15) is 23.4 Å². The number of likely N-dealkylation sites (N-methyl/N-ethyl adjacent to an activating group) is 1. The number of carboxylic acid groups (broad SMARTS) is 1. The number of hydrogen-bond acceptors (Lipinski definition) is 10. The summed E-state index contributed by atoms with van der Waals surface area (Å²) in [4.78, 5) is 34.2. The molecule has 5 rings (SSSR count). The van der Waals surface area contributed by atoms with Gasteiger partial charge in [-0.15, -0.1) is 0 Å². The van der Waals surface area contributed by atoms with Crippen LogP contribution in [0.2, 0.25) is 0 Å². The highest BCUT2D eigenvalue weighted by molar-refractivity contribution is 7.99. The zero-order valence-electron chi connectivity index (χ0n) is 22.2. The number of alkyl halides is 3. The first-order chi connectivity index (χ1) is 19.9. The average molecular weight is 621 g/mol. The number of aliphatic hydroxyl groups excluding tert-OH is 1. The second kappa shape index (κ2) is 12.9. The number of allylic oxidation sites excluding steroid dienone is 1. The summed E-state index contributed by atoms with van der Waals surface area (Å²) in [5.74, 6) is -2.00. The highest BCUT2D eigenvalue weighted by Gasteiger charge is 2.38. The number of pyridine rings is 1. The number of aromatic hydroxyl groups is 1. The number of phenolic OH excluding ortho intramolecular Hbond substituents is 1. The Balaban J connectivity index is 0.000000517. The molecule has 1 aliphatic carbocycles. The number of aliphatic hydroxyl groups is 1. The molecule has 0 saturated heterocycles. The lowest BCUT2D eigenvalue weighted by Gasteiger charge is -2.24. The Hall–Kier alpha value is -4.01. The van der Waals surface area contributed by atoms with Gasteiger partial charge in [-0.3, -0.25) is 4.98 Å². The van der Waals surface area contributed by atoms with Gasteiger partial charge in [-0.05, 0) is 47.5 Å². The topological polar surface area (TPSA) is 145 Å². The molecule has 42 heavy (non-hydrogen) atoms. The van der Waals surface area contributed by atoms with Crippen molar-refractivity contribution in [2.45, 2.75) is 42.1 Å². The maximum Gasteiger partial charge on any atom is 0.490 e. The summed E-state index contributed by atoms with van der Waals surface area (Å²) < 4.78 is 31.7. The smallest absolute Gasteiger partial charge is 0.490 e. The number of benzene rings is 1. The summed E-state index contributed by atoms with van der Waals surface area (Å²) >= 11 is 8.15. The summed E-state index contributed by atoms with van der Waals surface area (Å²) in [5, 5.41) is 29.0. The van der Waals surface area contributed by atoms with Gasteiger partial charge in [-0.2, -0.15) is 13.2 Å². The summed E-state index contributed by atoms with van der Waals surface area (Å²) in [7, 11) is 1.87. The Morgan fingerprint density at radius 3 is 2.55 bits per heavy atom. The number of carbonyl (C=O) groups is 1. The summed E-state index contributed by atoms with van der Waals surface area (Å²) in [5.41, 5.74) is 4.69. The van der Waals surface area contributed by atoms with E-state index in [1.807, 2.05) is 18.0 Å². The molecular formula is C27H24ClF3N6O4S. The van der Waals surface area contributed by atoms with E-state index in [4.69, 9.17) is 31.5 Å². The Kier molecular flexibility index (Phi) is 9.49. The average Bonchev–Trinajstić information content (AvgIpc) is 3.27. The van der Waals surface area contributed by atoms with E-state index in [1.54, 1.807) is 42.9 Å². The Labute approximate surface area is 247 Å². The molecule has 3 aromatic heterocycles. The van der Waals surface area contributed by atoms with Crippen LogP contribution in [0, 0.1) is 0 Å². The van der Waals surface area contributed by atoms with Gasteiger partial charge in [0.2, 0.25) is 0 Å². The second-order valence-corrected chi connectivity index (χ2v) is 10.5. The van der Waals surface area contributed by atoms with Crippen molar-refractivity contribution in [3.63, 3.8) is 0 Å². The Morgan fingerprint density at radius 1 is 1.17 bits per heavy atom. The van der Waals surface area contributed by atoms with Crippen LogP contribution in [0.25, 0.3) is 16.2 Å². The molecule has 10 nitrogen and oxygen atoms in total. The van der Waals surface area contributed by atoms with Gasteiger partial charge in [0.25, 0.3) is 0 Å². The molecule has 1 atom stereocenters. The SMILES string of the molecule is CCC1=C(Cl)c2c(nc(Sc3cnc4nccnc4c3)nc2N(C)C[C@@H](O)c2cccc(O)c2)C1.O=C(O)C(F)(F)F. The van der Waals surface area contributed by atoms with E-state index in [0.29, 0.717) is 39.2 Å². The second-order valence-electron chi connectivity index (χ2n) is 9.07. The third-order valence-electron chi connectivity index (χ3n) is 6.10. The normalized spacial score (nSPS) is 13.4. The molecule has 15 heteroatoms. The Morgan fingerprint density at radius 2 is 1.88 bits per heavy atom. The van der Waals surface area contributed by atoms with Crippen LogP contribution >= 0.6 is 23.4 Å². The maximum atomic E-state index is 10.8. The van der Waals surface area contributed by atoms with E-state index < -0.39 is 18.2 Å². The maximum absolute atomic E-state index is 10.8. The van der Waals surface area contributed by atoms with Crippen LogP contribution < -0.4 is 4.90 Å². The quantitative estimate of drug-likeness (QED) is 0.229. The lowest BCUT2D eigenvalue weighted by Crippen LogP contribution is -2.26. The molecule has 0 radical (unpaired) electrons. The van der Waals surface area contributed by atoms with Crippen molar-refractivity contribution >= 4 is 51.3 Å². The van der Waals surface area contributed by atoms with Crippen molar-refractivity contribution in [1.29, 1.82) is 0 Å². The molecule has 0 unspecified atom stereocenters. The van der Waals surface area contributed by atoms with Gasteiger partial charge in [0, 0.05) is 43.5 Å². The van der Waals surface area contributed by atoms with Crippen molar-refractivity contribution in [2.75, 3.05) is 18.5 Å². The number of nitrogens with zero attached hydrogens (tertiary/aromatic N) is 6. The molecule has 3 heterocycles. The largest absolute Gasteiger partial charge is 0.508 e. The minimum absolute atomic E-state index is 0.109.